The van der Waals surface area contributed by atoms with Gasteiger partial charge in [0.1, 0.15) is 6.47 Å². The summed E-state index contributed by atoms with van der Waals surface area (Å²) in [6.45, 7) is 0. The molecule has 12 heteroatoms. The predicted molar refractivity (Wildman–Crippen MR) is 113 cm³/mol. The summed E-state index contributed by atoms with van der Waals surface area (Å²) < 4.78 is 8.18. The number of alkyl halides is 12. The van der Waals surface area contributed by atoms with Crippen molar-refractivity contribution in [1.29, 1.82) is 0 Å². The third kappa shape index (κ3) is 4.61. The van der Waals surface area contributed by atoms with Crippen molar-refractivity contribution in [3.63, 3.8) is 0 Å². The van der Waals surface area contributed by atoms with Crippen molar-refractivity contribution in [2.45, 2.75) is 15.3 Å². The maximum Gasteiger partial charge on any atom is 0.246 e. The molecule has 0 amide bonds. The summed E-state index contributed by atoms with van der Waals surface area (Å²) in [7, 11) is 0. The molecular formula is C5Br11F. The van der Waals surface area contributed by atoms with Gasteiger partial charge in [-0.05, 0) is 31.9 Å². The van der Waals surface area contributed by atoms with E-state index in [1.165, 1.54) is 0 Å². The summed E-state index contributed by atoms with van der Waals surface area (Å²) in [6, 6.07) is 0. The van der Waals surface area contributed by atoms with Gasteiger partial charge in [0.05, 0.1) is 0 Å². The molecule has 0 nitrogen and oxygen atoms in total. The molecule has 0 aliphatic carbocycles. The lowest BCUT2D eigenvalue weighted by Crippen LogP contribution is -2.58. The summed E-state index contributed by atoms with van der Waals surface area (Å²) in [5, 5.41) is 0. The highest BCUT2D eigenvalue weighted by Crippen LogP contribution is 2.72. The Kier molecular flexibility index (Phi) is 9.13. The zero-order chi connectivity index (χ0) is 14.5. The molecule has 0 saturated carbocycles. The molecule has 0 aliphatic rings. The maximum absolute atomic E-state index is 14.2. The highest BCUT2D eigenvalue weighted by Gasteiger charge is 2.70. The van der Waals surface area contributed by atoms with E-state index in [1.54, 1.807) is 0 Å². The van der Waals surface area contributed by atoms with Crippen LogP contribution in [0.2, 0.25) is 0 Å². The van der Waals surface area contributed by atoms with Gasteiger partial charge in [-0.3, -0.25) is 0 Å². The summed E-state index contributed by atoms with van der Waals surface area (Å²) in [5.74, 6) is 0. The normalized spacial score (nSPS) is 16.2. The first-order chi connectivity index (χ1) is 7.00. The van der Waals surface area contributed by atoms with Crippen LogP contribution >= 0.6 is 175 Å². The summed E-state index contributed by atoms with van der Waals surface area (Å²) >= 11 is 36.3. The molecule has 0 fully saturated rings. The van der Waals surface area contributed by atoms with Crippen LogP contribution in [0.25, 0.3) is 0 Å². The quantitative estimate of drug-likeness (QED) is 0.249. The minimum absolute atomic E-state index is 0.787. The Labute approximate surface area is 191 Å². The van der Waals surface area contributed by atoms with Crippen LogP contribution in [0, 0.1) is 0 Å². The second-order valence-electron chi connectivity index (χ2n) is 2.72. The Morgan fingerprint density at radius 2 is 0.765 bits per heavy atom. The third-order valence-corrected chi connectivity index (χ3v) is 21.1. The average molecular weight is 958 g/mol. The monoisotopic (exact) mass is 947 g/mol. The molecule has 0 aromatic rings. The van der Waals surface area contributed by atoms with Crippen LogP contribution < -0.4 is 0 Å². The first-order valence-corrected chi connectivity index (χ1v) is 12.0. The number of rotatable bonds is 3. The fourth-order valence-electron chi connectivity index (χ4n) is 0.553. The lowest BCUT2D eigenvalue weighted by atomic mass is 10.2. The lowest BCUT2D eigenvalue weighted by Gasteiger charge is -2.48. The van der Waals surface area contributed by atoms with Gasteiger partial charge in [-0.25, -0.2) is 4.39 Å². The molecule has 0 N–H and O–H groups in total. The summed E-state index contributed by atoms with van der Waals surface area (Å²) in [4.78, 5) is 0. The van der Waals surface area contributed by atoms with Crippen molar-refractivity contribution in [1.82, 2.24) is 0 Å². The second-order valence-corrected chi connectivity index (χ2v) is 23.1. The van der Waals surface area contributed by atoms with Crippen LogP contribution in [-0.2, 0) is 0 Å². The Morgan fingerprint density at radius 1 is 0.471 bits per heavy atom. The minimum atomic E-state index is -1.95. The first-order valence-electron chi connectivity index (χ1n) is 3.27. The zero-order valence-corrected chi connectivity index (χ0v) is 24.5. The van der Waals surface area contributed by atoms with Crippen molar-refractivity contribution in [3.05, 3.63) is 0 Å². The van der Waals surface area contributed by atoms with Crippen LogP contribution in [0.3, 0.4) is 0 Å². The molecule has 0 saturated heterocycles. The number of hydrogen-bond acceptors (Lipinski definition) is 0. The molecular weight excluding hydrogens is 958 g/mol. The van der Waals surface area contributed by atoms with E-state index in [-0.39, 0.29) is 0 Å². The van der Waals surface area contributed by atoms with E-state index in [0.29, 0.717) is 0 Å². The number of halogens is 12. The Hall–Kier alpha value is 5.21. The van der Waals surface area contributed by atoms with Gasteiger partial charge >= 0.3 is 0 Å². The van der Waals surface area contributed by atoms with E-state index in [0.717, 1.165) is 0 Å². The first kappa shape index (κ1) is 22.2. The third-order valence-electron chi connectivity index (χ3n) is 1.50. The second kappa shape index (κ2) is 6.99. The molecule has 0 unspecified atom stereocenters. The van der Waals surface area contributed by atoms with Crippen molar-refractivity contribution in [2.24, 2.45) is 0 Å². The van der Waals surface area contributed by atoms with E-state index in [4.69, 9.17) is 0 Å². The van der Waals surface area contributed by atoms with E-state index in [9.17, 15) is 4.39 Å². The van der Waals surface area contributed by atoms with E-state index in [1.807, 2.05) is 0 Å². The molecule has 0 atom stereocenters. The predicted octanol–water partition coefficient (Wildman–Crippen LogP) is 8.70. The molecule has 0 bridgehead atoms. The SMILES string of the molecule is FC(Br)(Br)C(Br)(Br)C(Br)(Br)C(Br)(Br)C(Br)(Br)Br. The molecule has 104 valence electrons. The van der Waals surface area contributed by atoms with E-state index >= 15 is 0 Å². The van der Waals surface area contributed by atoms with Crippen LogP contribution in [0.4, 0.5) is 4.39 Å². The highest BCUT2D eigenvalue weighted by atomic mass is 80.0. The smallest absolute Gasteiger partial charge is 0.216 e. The Morgan fingerprint density at radius 3 is 0.941 bits per heavy atom. The van der Waals surface area contributed by atoms with Gasteiger partial charge in [0, 0.05) is 0 Å². The fraction of sp³-hybridized carbons (Fsp3) is 1.00. The molecule has 0 aliphatic heterocycles. The van der Waals surface area contributed by atoms with Gasteiger partial charge in [0.15, 0.2) is 5.38 Å². The van der Waals surface area contributed by atoms with Crippen molar-refractivity contribution < 1.29 is 4.39 Å². The zero-order valence-electron chi connectivity index (χ0n) is 7.04. The fourth-order valence-corrected chi connectivity index (χ4v) is 8.10. The highest BCUT2D eigenvalue weighted by molar-refractivity contribution is 9.42. The van der Waals surface area contributed by atoms with Gasteiger partial charge < -0.3 is 0 Å². The van der Waals surface area contributed by atoms with Gasteiger partial charge in [-0.1, -0.05) is 143 Å². The van der Waals surface area contributed by atoms with Crippen molar-refractivity contribution in [2.75, 3.05) is 0 Å². The van der Waals surface area contributed by atoms with Crippen molar-refractivity contribution >= 4 is 175 Å². The Balaban J connectivity index is 5.73. The Bertz CT molecular complexity index is 255. The molecule has 0 heterocycles. The molecule has 0 aromatic heterocycles. The van der Waals surface area contributed by atoms with Gasteiger partial charge in [-0.15, -0.1) is 0 Å². The molecule has 0 radical (unpaired) electrons. The van der Waals surface area contributed by atoms with Crippen molar-refractivity contribution in [3.8, 4) is 0 Å². The van der Waals surface area contributed by atoms with Gasteiger partial charge in [0.25, 0.3) is 0 Å². The van der Waals surface area contributed by atoms with Crippen LogP contribution in [0.15, 0.2) is 0 Å². The van der Waals surface area contributed by atoms with Crippen LogP contribution in [0.1, 0.15) is 0 Å². The molecule has 0 aromatic carbocycles. The standard InChI is InChI=1S/C5Br11F/c6-1(7,2(8,9)4(12,13)14)3(10,11)5(15,16)17. The topological polar surface area (TPSA) is 0 Å². The summed E-state index contributed by atoms with van der Waals surface area (Å²) in [5.41, 5.74) is 0. The van der Waals surface area contributed by atoms with Gasteiger partial charge in [0.2, 0.25) is 3.49 Å². The lowest BCUT2D eigenvalue weighted by molar-refractivity contribution is 0.395. The van der Waals surface area contributed by atoms with E-state index in [2.05, 4.69) is 175 Å². The molecule has 0 rings (SSSR count). The van der Waals surface area contributed by atoms with Gasteiger partial charge in [-0.2, -0.15) is 0 Å². The summed E-state index contributed by atoms with van der Waals surface area (Å²) in [6.07, 6.45) is 0. The van der Waals surface area contributed by atoms with Crippen LogP contribution in [-0.4, -0.2) is 15.3 Å². The largest absolute Gasteiger partial charge is 0.246 e. The minimum Gasteiger partial charge on any atom is -0.216 e. The number of hydrogen-bond donors (Lipinski definition) is 0. The molecule has 0 spiro atoms. The average Bonchev–Trinajstić information content (AvgIpc) is 1.98. The maximum atomic E-state index is 14.2. The van der Waals surface area contributed by atoms with Crippen LogP contribution in [0.5, 0.6) is 0 Å². The van der Waals surface area contributed by atoms with E-state index < -0.39 is 15.3 Å². The molecule has 17 heavy (non-hydrogen) atoms.